The maximum absolute atomic E-state index is 12.3. The summed E-state index contributed by atoms with van der Waals surface area (Å²) in [5.41, 5.74) is 1.81. The highest BCUT2D eigenvalue weighted by atomic mass is 32.2. The highest BCUT2D eigenvalue weighted by molar-refractivity contribution is 7.90. The molecule has 0 amide bonds. The number of aliphatic hydroxyl groups is 1. The molecule has 2 atom stereocenters. The van der Waals surface area contributed by atoms with Crippen molar-refractivity contribution in [2.75, 3.05) is 11.6 Å². The summed E-state index contributed by atoms with van der Waals surface area (Å²) in [5.74, 6) is 0.341. The smallest absolute Gasteiger partial charge is 0.250 e. The number of aliphatic hydroxyl groups excluding tert-OH is 1. The third-order valence-electron chi connectivity index (χ3n) is 5.53. The molecule has 0 radical (unpaired) electrons. The number of imidazole rings is 1. The second-order valence-corrected chi connectivity index (χ2v) is 10.8. The van der Waals surface area contributed by atoms with Crippen molar-refractivity contribution in [2.24, 2.45) is 0 Å². The van der Waals surface area contributed by atoms with Gasteiger partial charge in [0.15, 0.2) is 17.0 Å². The highest BCUT2D eigenvalue weighted by Crippen LogP contribution is 2.32. The maximum atomic E-state index is 12.3. The molecule has 1 aromatic carbocycles. The van der Waals surface area contributed by atoms with Crippen molar-refractivity contribution in [1.29, 1.82) is 0 Å². The lowest BCUT2D eigenvalue weighted by Crippen LogP contribution is -2.27. The van der Waals surface area contributed by atoms with Crippen LogP contribution in [0.3, 0.4) is 0 Å². The Kier molecular flexibility index (Phi) is 5.11. The first-order chi connectivity index (χ1) is 14.9. The number of anilines is 1. The zero-order valence-corrected chi connectivity index (χ0v) is 18.5. The van der Waals surface area contributed by atoms with Gasteiger partial charge in [0.25, 0.3) is 5.16 Å². The molecule has 2 N–H and O–H groups in total. The van der Waals surface area contributed by atoms with Crippen LogP contribution in [-0.4, -0.2) is 50.4 Å². The molecular weight excluding hydrogens is 436 g/mol. The summed E-state index contributed by atoms with van der Waals surface area (Å²) < 4.78 is 27.4. The number of nitrogens with one attached hydrogen (secondary N) is 1. The predicted octanol–water partition coefficient (Wildman–Crippen LogP) is 2.93. The number of nitrogens with zero attached hydrogens (tertiary/aromatic N) is 5. The molecular formula is C20H22N6O3S2. The number of para-hydroxylation sites is 1. The molecule has 1 aliphatic rings. The molecule has 3 heterocycles. The van der Waals surface area contributed by atoms with E-state index < -0.39 is 15.9 Å². The number of sulfone groups is 1. The van der Waals surface area contributed by atoms with Crippen molar-refractivity contribution in [3.8, 4) is 0 Å². The van der Waals surface area contributed by atoms with Crippen LogP contribution in [0, 0.1) is 0 Å². The first kappa shape index (κ1) is 20.3. The van der Waals surface area contributed by atoms with Crippen molar-refractivity contribution in [3.05, 3.63) is 35.6 Å². The Morgan fingerprint density at radius 2 is 2.00 bits per heavy atom. The van der Waals surface area contributed by atoms with Crippen LogP contribution in [0.4, 0.5) is 5.82 Å². The summed E-state index contributed by atoms with van der Waals surface area (Å²) in [6.07, 6.45) is 5.66. The van der Waals surface area contributed by atoms with E-state index in [1.165, 1.54) is 0 Å². The van der Waals surface area contributed by atoms with Gasteiger partial charge in [-0.3, -0.25) is 0 Å². The lowest BCUT2D eigenvalue weighted by molar-refractivity contribution is 0.0770. The number of fused-ring (bicyclic) bond motifs is 2. The van der Waals surface area contributed by atoms with Gasteiger partial charge in [-0.25, -0.2) is 18.4 Å². The molecule has 162 valence electrons. The van der Waals surface area contributed by atoms with E-state index in [1.807, 2.05) is 24.3 Å². The topological polar surface area (TPSA) is 123 Å². The highest BCUT2D eigenvalue weighted by Gasteiger charge is 2.28. The Morgan fingerprint density at radius 3 is 2.77 bits per heavy atom. The molecule has 0 saturated heterocycles. The Balaban J connectivity index is 1.54. The normalized spacial score (nSPS) is 19.8. The van der Waals surface area contributed by atoms with Gasteiger partial charge >= 0.3 is 0 Å². The van der Waals surface area contributed by atoms with Crippen molar-refractivity contribution in [3.63, 3.8) is 0 Å². The summed E-state index contributed by atoms with van der Waals surface area (Å²) in [7, 11) is -3.64. The van der Waals surface area contributed by atoms with Crippen molar-refractivity contribution in [2.45, 2.75) is 49.5 Å². The van der Waals surface area contributed by atoms with Crippen LogP contribution in [-0.2, 0) is 16.4 Å². The van der Waals surface area contributed by atoms with Crippen LogP contribution in [0.15, 0.2) is 35.7 Å². The number of thiazole rings is 1. The molecule has 0 bridgehead atoms. The van der Waals surface area contributed by atoms with E-state index in [0.29, 0.717) is 29.9 Å². The van der Waals surface area contributed by atoms with E-state index in [-0.39, 0.29) is 11.2 Å². The summed E-state index contributed by atoms with van der Waals surface area (Å²) in [6.45, 7) is 0.383. The average molecular weight is 459 g/mol. The number of rotatable bonds is 5. The largest absolute Gasteiger partial charge is 0.391 e. The summed E-state index contributed by atoms with van der Waals surface area (Å²) in [5, 5.41) is 14.3. The van der Waals surface area contributed by atoms with Crippen molar-refractivity contribution < 1.29 is 13.5 Å². The fourth-order valence-corrected chi connectivity index (χ4v) is 5.42. The number of hydrogen-bond acceptors (Lipinski definition) is 9. The van der Waals surface area contributed by atoms with Crippen LogP contribution in [0.2, 0.25) is 0 Å². The minimum Gasteiger partial charge on any atom is -0.391 e. The van der Waals surface area contributed by atoms with E-state index in [0.717, 1.165) is 40.7 Å². The lowest BCUT2D eigenvalue weighted by atomic mass is 9.92. The van der Waals surface area contributed by atoms with Crippen LogP contribution < -0.4 is 5.32 Å². The quantitative estimate of drug-likeness (QED) is 0.438. The molecule has 1 fully saturated rings. The first-order valence-electron chi connectivity index (χ1n) is 10.1. The predicted molar refractivity (Wildman–Crippen MR) is 119 cm³/mol. The minimum absolute atomic E-state index is 0.182. The summed E-state index contributed by atoms with van der Waals surface area (Å²) in [4.78, 5) is 17.6. The minimum atomic E-state index is -3.64. The van der Waals surface area contributed by atoms with Gasteiger partial charge in [0.2, 0.25) is 9.84 Å². The average Bonchev–Trinajstić information content (AvgIpc) is 3.35. The van der Waals surface area contributed by atoms with Crippen molar-refractivity contribution in [1.82, 2.24) is 24.5 Å². The molecule has 5 rings (SSSR count). The molecule has 11 heteroatoms. The zero-order valence-electron chi connectivity index (χ0n) is 16.9. The SMILES string of the molecule is CS(=O)(=O)c1nc(NCc2nc3ccccc3s2)c2ncn(C3CCCC[C@H]3O)c2n1. The van der Waals surface area contributed by atoms with Gasteiger partial charge in [-0.15, -0.1) is 11.3 Å². The molecule has 0 aliphatic heterocycles. The van der Waals surface area contributed by atoms with Gasteiger partial charge in [-0.2, -0.15) is 9.97 Å². The van der Waals surface area contributed by atoms with Crippen molar-refractivity contribution >= 4 is 48.4 Å². The maximum Gasteiger partial charge on any atom is 0.250 e. The molecule has 3 aromatic heterocycles. The second-order valence-electron chi connectivity index (χ2n) is 7.80. The van der Waals surface area contributed by atoms with Crippen LogP contribution in [0.25, 0.3) is 21.4 Å². The van der Waals surface area contributed by atoms with Gasteiger partial charge in [0, 0.05) is 6.26 Å². The standard InChI is InChI=1S/C20H22N6O3S2/c1-31(28,29)20-24-18(21-10-16-23-12-6-2-5-9-15(12)30-16)17-19(25-20)26(11-22-17)13-7-3-4-8-14(13)27/h2,5-6,9,11,13-14,27H,3-4,7-8,10H2,1H3,(H,21,24,25)/t13?,14-/m1/s1. The third kappa shape index (κ3) is 3.88. The number of hydrogen-bond donors (Lipinski definition) is 2. The zero-order chi connectivity index (χ0) is 21.6. The van der Waals surface area contributed by atoms with Crippen LogP contribution in [0.1, 0.15) is 36.7 Å². The van der Waals surface area contributed by atoms with E-state index in [2.05, 4.69) is 25.3 Å². The number of benzene rings is 1. The fraction of sp³-hybridized carbons (Fsp3) is 0.400. The fourth-order valence-electron chi connectivity index (χ4n) is 4.00. The van der Waals surface area contributed by atoms with E-state index >= 15 is 0 Å². The molecule has 0 spiro atoms. The van der Waals surface area contributed by atoms with Gasteiger partial charge in [-0.05, 0) is 25.0 Å². The molecule has 31 heavy (non-hydrogen) atoms. The van der Waals surface area contributed by atoms with E-state index in [1.54, 1.807) is 22.2 Å². The van der Waals surface area contributed by atoms with Crippen LogP contribution >= 0.6 is 11.3 Å². The van der Waals surface area contributed by atoms with Crippen LogP contribution in [0.5, 0.6) is 0 Å². The van der Waals surface area contributed by atoms with Gasteiger partial charge in [0.1, 0.15) is 5.01 Å². The molecule has 1 aliphatic carbocycles. The Morgan fingerprint density at radius 1 is 1.19 bits per heavy atom. The molecule has 1 saturated carbocycles. The summed E-state index contributed by atoms with van der Waals surface area (Å²) >= 11 is 1.57. The lowest BCUT2D eigenvalue weighted by Gasteiger charge is -2.28. The molecule has 1 unspecified atom stereocenters. The van der Waals surface area contributed by atoms with Gasteiger partial charge < -0.3 is 15.0 Å². The summed E-state index contributed by atoms with van der Waals surface area (Å²) in [6, 6.07) is 7.70. The number of aromatic nitrogens is 5. The Hall–Kier alpha value is -2.63. The van der Waals surface area contributed by atoms with Gasteiger partial charge in [-0.1, -0.05) is 25.0 Å². The Bertz CT molecular complexity index is 1330. The van der Waals surface area contributed by atoms with E-state index in [4.69, 9.17) is 0 Å². The molecule has 9 nitrogen and oxygen atoms in total. The second kappa shape index (κ2) is 7.81. The van der Waals surface area contributed by atoms with E-state index in [9.17, 15) is 13.5 Å². The first-order valence-corrected chi connectivity index (χ1v) is 12.8. The van der Waals surface area contributed by atoms with Gasteiger partial charge in [0.05, 0.1) is 35.2 Å². The Labute approximate surface area is 183 Å². The third-order valence-corrected chi connectivity index (χ3v) is 7.41. The monoisotopic (exact) mass is 458 g/mol. The molecule has 4 aromatic rings.